The van der Waals surface area contributed by atoms with E-state index in [4.69, 9.17) is 5.73 Å². The van der Waals surface area contributed by atoms with Gasteiger partial charge < -0.3 is 10.6 Å². The molecular formula is C10H14F2N2. The van der Waals surface area contributed by atoms with E-state index < -0.39 is 6.17 Å². The summed E-state index contributed by atoms with van der Waals surface area (Å²) in [5.41, 5.74) is 6.18. The number of halogens is 2. The van der Waals surface area contributed by atoms with Crippen LogP contribution >= 0.6 is 0 Å². The van der Waals surface area contributed by atoms with Crippen LogP contribution in [0.5, 0.6) is 0 Å². The Kier molecular flexibility index (Phi) is 3.41. The van der Waals surface area contributed by atoms with Crippen molar-refractivity contribution in [2.45, 2.75) is 6.17 Å². The van der Waals surface area contributed by atoms with Crippen molar-refractivity contribution in [3.8, 4) is 0 Å². The lowest BCUT2D eigenvalue weighted by molar-refractivity contribution is 0.353. The smallest absolute Gasteiger partial charge is 0.139 e. The van der Waals surface area contributed by atoms with Crippen LogP contribution in [0, 0.1) is 5.82 Å². The van der Waals surface area contributed by atoms with E-state index >= 15 is 0 Å². The van der Waals surface area contributed by atoms with Crippen LogP contribution in [0.1, 0.15) is 11.7 Å². The lowest BCUT2D eigenvalue weighted by Gasteiger charge is -2.19. The molecule has 0 fully saturated rings. The molecule has 1 aromatic rings. The Hall–Kier alpha value is -1.16. The molecule has 4 heteroatoms. The van der Waals surface area contributed by atoms with E-state index in [2.05, 4.69) is 0 Å². The minimum atomic E-state index is -1.24. The van der Waals surface area contributed by atoms with Gasteiger partial charge in [-0.05, 0) is 12.1 Å². The molecule has 0 spiro atoms. The molecule has 1 aromatic carbocycles. The molecule has 2 N–H and O–H groups in total. The van der Waals surface area contributed by atoms with E-state index in [0.717, 1.165) is 0 Å². The van der Waals surface area contributed by atoms with E-state index in [1.54, 1.807) is 19.0 Å². The van der Waals surface area contributed by atoms with Gasteiger partial charge in [0.05, 0.1) is 0 Å². The summed E-state index contributed by atoms with van der Waals surface area (Å²) in [5, 5.41) is 0. The number of nitrogens with two attached hydrogens (primary N) is 1. The third-order valence-electron chi connectivity index (χ3n) is 2.02. The molecule has 0 aliphatic rings. The number of alkyl halides is 1. The summed E-state index contributed by atoms with van der Waals surface area (Å²) in [6, 6.07) is 3.98. The van der Waals surface area contributed by atoms with E-state index in [-0.39, 0.29) is 12.4 Å². The Balaban J connectivity index is 3.14. The molecule has 0 saturated heterocycles. The van der Waals surface area contributed by atoms with Crippen molar-refractivity contribution >= 4 is 5.69 Å². The van der Waals surface area contributed by atoms with Crippen LogP contribution in [0.15, 0.2) is 18.2 Å². The van der Waals surface area contributed by atoms with Crippen molar-refractivity contribution < 1.29 is 8.78 Å². The lowest BCUT2D eigenvalue weighted by Crippen LogP contribution is -2.15. The van der Waals surface area contributed by atoms with Gasteiger partial charge >= 0.3 is 0 Å². The van der Waals surface area contributed by atoms with Crippen LogP contribution in [-0.2, 0) is 0 Å². The quantitative estimate of drug-likeness (QED) is 0.807. The minimum absolute atomic E-state index is 0.0908. The van der Waals surface area contributed by atoms with Crippen LogP contribution in [0.2, 0.25) is 0 Å². The number of rotatable bonds is 3. The maximum absolute atomic E-state index is 13.3. The van der Waals surface area contributed by atoms with E-state index in [1.807, 2.05) is 0 Å². The van der Waals surface area contributed by atoms with Crippen LogP contribution in [0.3, 0.4) is 0 Å². The minimum Gasteiger partial charge on any atom is -0.377 e. The molecule has 0 aromatic heterocycles. The summed E-state index contributed by atoms with van der Waals surface area (Å²) < 4.78 is 26.2. The highest BCUT2D eigenvalue weighted by atomic mass is 19.1. The zero-order valence-corrected chi connectivity index (χ0v) is 8.30. The first-order valence-corrected chi connectivity index (χ1v) is 4.37. The maximum Gasteiger partial charge on any atom is 0.139 e. The van der Waals surface area contributed by atoms with Crippen LogP contribution in [-0.4, -0.2) is 20.6 Å². The van der Waals surface area contributed by atoms with Gasteiger partial charge in [-0.25, -0.2) is 8.78 Å². The summed E-state index contributed by atoms with van der Waals surface area (Å²) in [5.74, 6) is -0.373. The normalized spacial score (nSPS) is 12.6. The average Bonchev–Trinajstić information content (AvgIpc) is 2.16. The molecule has 2 nitrogen and oxygen atoms in total. The van der Waals surface area contributed by atoms with Crippen molar-refractivity contribution in [2.24, 2.45) is 5.73 Å². The molecule has 0 amide bonds. The number of hydrogen-bond acceptors (Lipinski definition) is 2. The van der Waals surface area contributed by atoms with Crippen molar-refractivity contribution in [3.05, 3.63) is 29.6 Å². The molecular weight excluding hydrogens is 186 g/mol. The monoisotopic (exact) mass is 200 g/mol. The molecule has 0 bridgehead atoms. The molecule has 78 valence electrons. The zero-order valence-electron chi connectivity index (χ0n) is 8.30. The molecule has 1 rings (SSSR count). The summed E-state index contributed by atoms with van der Waals surface area (Å²) >= 11 is 0. The molecule has 0 aliphatic carbocycles. The first-order chi connectivity index (χ1) is 6.56. The van der Waals surface area contributed by atoms with Gasteiger partial charge in [0.2, 0.25) is 0 Å². The fraction of sp³-hybridized carbons (Fsp3) is 0.400. The fourth-order valence-electron chi connectivity index (χ4n) is 1.30. The Morgan fingerprint density at radius 2 is 2.07 bits per heavy atom. The van der Waals surface area contributed by atoms with E-state index in [1.165, 1.54) is 18.2 Å². The highest BCUT2D eigenvalue weighted by Gasteiger charge is 2.14. The van der Waals surface area contributed by atoms with Crippen molar-refractivity contribution in [2.75, 3.05) is 25.5 Å². The SMILES string of the molecule is CN(C)c1cc(F)ccc1C(F)CN. The van der Waals surface area contributed by atoms with Gasteiger partial charge in [0, 0.05) is 31.9 Å². The topological polar surface area (TPSA) is 29.3 Å². The van der Waals surface area contributed by atoms with Crippen molar-refractivity contribution in [1.29, 1.82) is 0 Å². The molecule has 0 radical (unpaired) electrons. The fourth-order valence-corrected chi connectivity index (χ4v) is 1.30. The summed E-state index contributed by atoms with van der Waals surface area (Å²) in [6.07, 6.45) is -1.24. The largest absolute Gasteiger partial charge is 0.377 e. The van der Waals surface area contributed by atoms with Gasteiger partial charge in [-0.15, -0.1) is 0 Å². The van der Waals surface area contributed by atoms with Gasteiger partial charge in [0.15, 0.2) is 0 Å². The Morgan fingerprint density at radius 1 is 1.43 bits per heavy atom. The second kappa shape index (κ2) is 4.37. The average molecular weight is 200 g/mol. The third kappa shape index (κ3) is 2.20. The number of hydrogen-bond donors (Lipinski definition) is 1. The van der Waals surface area contributed by atoms with Gasteiger partial charge in [-0.2, -0.15) is 0 Å². The van der Waals surface area contributed by atoms with Gasteiger partial charge in [0.1, 0.15) is 12.0 Å². The molecule has 0 aliphatic heterocycles. The molecule has 14 heavy (non-hydrogen) atoms. The Morgan fingerprint density at radius 3 is 2.57 bits per heavy atom. The molecule has 1 unspecified atom stereocenters. The predicted octanol–water partition coefficient (Wildman–Crippen LogP) is 1.86. The highest BCUT2D eigenvalue weighted by molar-refractivity contribution is 5.53. The second-order valence-electron chi connectivity index (χ2n) is 3.30. The van der Waals surface area contributed by atoms with Gasteiger partial charge in [0.25, 0.3) is 0 Å². The van der Waals surface area contributed by atoms with E-state index in [0.29, 0.717) is 11.3 Å². The molecule has 1 atom stereocenters. The van der Waals surface area contributed by atoms with Crippen LogP contribution in [0.4, 0.5) is 14.5 Å². The standard InChI is InChI=1S/C10H14F2N2/c1-14(2)10-5-7(11)3-4-8(10)9(12)6-13/h3-5,9H,6,13H2,1-2H3. The highest BCUT2D eigenvalue weighted by Crippen LogP contribution is 2.27. The second-order valence-corrected chi connectivity index (χ2v) is 3.30. The zero-order chi connectivity index (χ0) is 10.7. The number of nitrogens with zero attached hydrogens (tertiary/aromatic N) is 1. The lowest BCUT2D eigenvalue weighted by atomic mass is 10.1. The Labute approximate surface area is 82.3 Å². The van der Waals surface area contributed by atoms with Crippen LogP contribution in [0.25, 0.3) is 0 Å². The third-order valence-corrected chi connectivity index (χ3v) is 2.02. The number of benzene rings is 1. The van der Waals surface area contributed by atoms with E-state index in [9.17, 15) is 8.78 Å². The summed E-state index contributed by atoms with van der Waals surface area (Å²) in [7, 11) is 3.48. The predicted molar refractivity (Wildman–Crippen MR) is 53.6 cm³/mol. The summed E-state index contributed by atoms with van der Waals surface area (Å²) in [4.78, 5) is 1.67. The van der Waals surface area contributed by atoms with Crippen molar-refractivity contribution in [1.82, 2.24) is 0 Å². The Bertz CT molecular complexity index is 313. The molecule has 0 heterocycles. The first-order valence-electron chi connectivity index (χ1n) is 4.37. The number of anilines is 1. The first kappa shape index (κ1) is 10.9. The van der Waals surface area contributed by atoms with Crippen LogP contribution < -0.4 is 10.6 Å². The van der Waals surface area contributed by atoms with Crippen molar-refractivity contribution in [3.63, 3.8) is 0 Å². The van der Waals surface area contributed by atoms with Gasteiger partial charge in [-0.3, -0.25) is 0 Å². The molecule has 0 saturated carbocycles. The van der Waals surface area contributed by atoms with Gasteiger partial charge in [-0.1, -0.05) is 6.07 Å². The summed E-state index contributed by atoms with van der Waals surface area (Å²) in [6.45, 7) is -0.0908. The maximum atomic E-state index is 13.3.